The van der Waals surface area contributed by atoms with Crippen LogP contribution in [0.2, 0.25) is 0 Å². The fourth-order valence-corrected chi connectivity index (χ4v) is 2.08. The van der Waals surface area contributed by atoms with Crippen LogP contribution in [-0.2, 0) is 11.3 Å². The Hall–Kier alpha value is -1.75. The largest absolute Gasteiger partial charge is 0.490 e. The molecule has 1 amide bonds. The second-order valence-corrected chi connectivity index (χ2v) is 5.21. The van der Waals surface area contributed by atoms with Gasteiger partial charge in [-0.15, -0.1) is 0 Å². The van der Waals surface area contributed by atoms with Crippen LogP contribution < -0.4 is 20.1 Å². The summed E-state index contributed by atoms with van der Waals surface area (Å²) in [6, 6.07) is 6.44. The molecular weight excluding hydrogens is 268 g/mol. The van der Waals surface area contributed by atoms with Crippen LogP contribution in [-0.4, -0.2) is 31.7 Å². The van der Waals surface area contributed by atoms with Crippen molar-refractivity contribution in [3.63, 3.8) is 0 Å². The van der Waals surface area contributed by atoms with Gasteiger partial charge in [-0.05, 0) is 32.8 Å². The normalized spacial score (nSPS) is 15.4. The maximum atomic E-state index is 11.7. The average molecular weight is 292 g/mol. The molecule has 1 aromatic carbocycles. The molecule has 1 aromatic rings. The molecule has 1 saturated carbocycles. The SMILES string of the molecule is CCOc1cccc(CNC2CC2)c1OC(C)C(=O)NC. The van der Waals surface area contributed by atoms with E-state index >= 15 is 0 Å². The van der Waals surface area contributed by atoms with E-state index < -0.39 is 6.10 Å². The molecule has 1 aliphatic rings. The van der Waals surface area contributed by atoms with Gasteiger partial charge in [0.15, 0.2) is 17.6 Å². The van der Waals surface area contributed by atoms with Gasteiger partial charge in [0.1, 0.15) is 0 Å². The minimum absolute atomic E-state index is 0.151. The first-order valence-electron chi connectivity index (χ1n) is 7.52. The zero-order chi connectivity index (χ0) is 15.2. The third-order valence-electron chi connectivity index (χ3n) is 3.43. The Kier molecular flexibility index (Phi) is 5.44. The van der Waals surface area contributed by atoms with E-state index in [4.69, 9.17) is 9.47 Å². The molecule has 1 aliphatic carbocycles. The lowest BCUT2D eigenvalue weighted by atomic mass is 10.1. The van der Waals surface area contributed by atoms with Gasteiger partial charge < -0.3 is 20.1 Å². The molecule has 0 bridgehead atoms. The number of benzene rings is 1. The van der Waals surface area contributed by atoms with Gasteiger partial charge in [-0.1, -0.05) is 12.1 Å². The summed E-state index contributed by atoms with van der Waals surface area (Å²) in [5.41, 5.74) is 1.02. The molecule has 0 saturated heterocycles. The Labute approximate surface area is 126 Å². The number of hydrogen-bond acceptors (Lipinski definition) is 4. The molecule has 0 heterocycles. The van der Waals surface area contributed by atoms with E-state index in [1.165, 1.54) is 12.8 Å². The number of rotatable bonds is 8. The van der Waals surface area contributed by atoms with Crippen LogP contribution >= 0.6 is 0 Å². The Morgan fingerprint density at radius 1 is 1.43 bits per heavy atom. The summed E-state index contributed by atoms with van der Waals surface area (Å²) in [5.74, 6) is 1.19. The van der Waals surface area contributed by atoms with Gasteiger partial charge in [-0.25, -0.2) is 0 Å². The minimum atomic E-state index is -0.559. The fourth-order valence-electron chi connectivity index (χ4n) is 2.08. The van der Waals surface area contributed by atoms with Crippen LogP contribution in [0, 0.1) is 0 Å². The van der Waals surface area contributed by atoms with Gasteiger partial charge in [0, 0.05) is 25.2 Å². The molecule has 21 heavy (non-hydrogen) atoms. The summed E-state index contributed by atoms with van der Waals surface area (Å²) >= 11 is 0. The van der Waals surface area contributed by atoms with E-state index in [1.54, 1.807) is 14.0 Å². The lowest BCUT2D eigenvalue weighted by Gasteiger charge is -2.19. The van der Waals surface area contributed by atoms with Crippen molar-refractivity contribution in [1.82, 2.24) is 10.6 Å². The predicted octanol–water partition coefficient (Wildman–Crippen LogP) is 1.85. The number of carbonyl (C=O) groups excluding carboxylic acids is 1. The molecule has 0 aliphatic heterocycles. The van der Waals surface area contributed by atoms with Gasteiger partial charge >= 0.3 is 0 Å². The second kappa shape index (κ2) is 7.31. The number of amides is 1. The summed E-state index contributed by atoms with van der Waals surface area (Å²) in [5, 5.41) is 6.06. The van der Waals surface area contributed by atoms with Crippen molar-refractivity contribution in [3.8, 4) is 11.5 Å². The third-order valence-corrected chi connectivity index (χ3v) is 3.43. The number of para-hydroxylation sites is 1. The Bertz CT molecular complexity index is 486. The Morgan fingerprint density at radius 3 is 2.81 bits per heavy atom. The van der Waals surface area contributed by atoms with Crippen LogP contribution in [0.3, 0.4) is 0 Å². The summed E-state index contributed by atoms with van der Waals surface area (Å²) in [6.45, 7) is 4.95. The highest BCUT2D eigenvalue weighted by Crippen LogP contribution is 2.33. The molecule has 1 unspecified atom stereocenters. The van der Waals surface area contributed by atoms with Crippen molar-refractivity contribution in [3.05, 3.63) is 23.8 Å². The first-order chi connectivity index (χ1) is 10.2. The van der Waals surface area contributed by atoms with Crippen molar-refractivity contribution in [2.75, 3.05) is 13.7 Å². The van der Waals surface area contributed by atoms with E-state index in [1.807, 2.05) is 25.1 Å². The smallest absolute Gasteiger partial charge is 0.260 e. The van der Waals surface area contributed by atoms with Crippen LogP contribution in [0.25, 0.3) is 0 Å². The van der Waals surface area contributed by atoms with Crippen LogP contribution in [0.5, 0.6) is 11.5 Å². The first kappa shape index (κ1) is 15.6. The van der Waals surface area contributed by atoms with Gasteiger partial charge in [0.05, 0.1) is 6.61 Å². The van der Waals surface area contributed by atoms with E-state index in [0.717, 1.165) is 12.1 Å². The molecule has 1 fully saturated rings. The number of ether oxygens (including phenoxy) is 2. The van der Waals surface area contributed by atoms with Gasteiger partial charge in [-0.2, -0.15) is 0 Å². The van der Waals surface area contributed by atoms with Crippen molar-refractivity contribution >= 4 is 5.91 Å². The Morgan fingerprint density at radius 2 is 2.19 bits per heavy atom. The molecule has 5 nitrogen and oxygen atoms in total. The van der Waals surface area contributed by atoms with Crippen molar-refractivity contribution < 1.29 is 14.3 Å². The van der Waals surface area contributed by atoms with Gasteiger partial charge in [0.25, 0.3) is 5.91 Å². The third kappa shape index (κ3) is 4.36. The second-order valence-electron chi connectivity index (χ2n) is 5.21. The molecular formula is C16H24N2O3. The van der Waals surface area contributed by atoms with Crippen LogP contribution in [0.1, 0.15) is 32.3 Å². The number of nitrogens with one attached hydrogen (secondary N) is 2. The van der Waals surface area contributed by atoms with Crippen molar-refractivity contribution in [1.29, 1.82) is 0 Å². The fraction of sp³-hybridized carbons (Fsp3) is 0.562. The highest BCUT2D eigenvalue weighted by molar-refractivity contribution is 5.80. The molecule has 0 aromatic heterocycles. The highest BCUT2D eigenvalue weighted by atomic mass is 16.5. The topological polar surface area (TPSA) is 59.6 Å². The summed E-state index contributed by atoms with van der Waals surface area (Å²) in [6.07, 6.45) is 1.91. The lowest BCUT2D eigenvalue weighted by Crippen LogP contribution is -2.34. The number of carbonyl (C=O) groups is 1. The zero-order valence-electron chi connectivity index (χ0n) is 12.9. The van der Waals surface area contributed by atoms with E-state index in [9.17, 15) is 4.79 Å². The minimum Gasteiger partial charge on any atom is -0.490 e. The molecule has 5 heteroatoms. The lowest BCUT2D eigenvalue weighted by molar-refractivity contribution is -0.126. The molecule has 2 N–H and O–H groups in total. The summed E-state index contributed by atoms with van der Waals surface area (Å²) in [4.78, 5) is 11.7. The molecule has 2 rings (SSSR count). The van der Waals surface area contributed by atoms with E-state index in [2.05, 4.69) is 10.6 Å². The Balaban J connectivity index is 2.17. The highest BCUT2D eigenvalue weighted by Gasteiger charge is 2.22. The molecule has 116 valence electrons. The maximum absolute atomic E-state index is 11.7. The molecule has 1 atom stereocenters. The maximum Gasteiger partial charge on any atom is 0.260 e. The number of likely N-dealkylation sites (N-methyl/N-ethyl adjacent to an activating group) is 1. The van der Waals surface area contributed by atoms with Crippen LogP contribution in [0.15, 0.2) is 18.2 Å². The van der Waals surface area contributed by atoms with Crippen molar-refractivity contribution in [2.24, 2.45) is 0 Å². The van der Waals surface area contributed by atoms with Crippen LogP contribution in [0.4, 0.5) is 0 Å². The average Bonchev–Trinajstić information content (AvgIpc) is 3.31. The summed E-state index contributed by atoms with van der Waals surface area (Å²) < 4.78 is 11.5. The van der Waals surface area contributed by atoms with Gasteiger partial charge in [-0.3, -0.25) is 4.79 Å². The standard InChI is InChI=1S/C16H24N2O3/c1-4-20-14-7-5-6-12(10-18-13-8-9-13)15(14)21-11(2)16(19)17-3/h5-7,11,13,18H,4,8-10H2,1-3H3,(H,17,19). The van der Waals surface area contributed by atoms with Crippen molar-refractivity contribution in [2.45, 2.75) is 45.4 Å². The monoisotopic (exact) mass is 292 g/mol. The first-order valence-corrected chi connectivity index (χ1v) is 7.52. The molecule has 0 spiro atoms. The summed E-state index contributed by atoms with van der Waals surface area (Å²) in [7, 11) is 1.60. The number of hydrogen-bond donors (Lipinski definition) is 2. The van der Waals surface area contributed by atoms with E-state index in [0.29, 0.717) is 24.1 Å². The van der Waals surface area contributed by atoms with Gasteiger partial charge in [0.2, 0.25) is 0 Å². The quantitative estimate of drug-likeness (QED) is 0.768. The zero-order valence-corrected chi connectivity index (χ0v) is 12.9. The van der Waals surface area contributed by atoms with E-state index in [-0.39, 0.29) is 5.91 Å². The predicted molar refractivity (Wildman–Crippen MR) is 81.6 cm³/mol. The molecule has 0 radical (unpaired) electrons.